The maximum Gasteiger partial charge on any atom is 0.252 e. The summed E-state index contributed by atoms with van der Waals surface area (Å²) in [6.45, 7) is 0.622. The van der Waals surface area contributed by atoms with Gasteiger partial charge in [-0.25, -0.2) is 8.42 Å². The molecule has 0 spiro atoms. The number of nitrogens with zero attached hydrogens (tertiary/aromatic N) is 3. The summed E-state index contributed by atoms with van der Waals surface area (Å²) in [6, 6.07) is 4.99. The van der Waals surface area contributed by atoms with E-state index in [1.807, 2.05) is 0 Å². The number of carbonyl (C=O) groups is 1. The van der Waals surface area contributed by atoms with E-state index < -0.39 is 10.0 Å². The van der Waals surface area contributed by atoms with Crippen molar-refractivity contribution >= 4 is 27.3 Å². The summed E-state index contributed by atoms with van der Waals surface area (Å²) in [7, 11) is -1.85. The number of rotatable bonds is 3. The van der Waals surface area contributed by atoms with Crippen LogP contribution in [0.4, 0.5) is 0 Å². The molecule has 2 aromatic heterocycles. The molecule has 3 saturated heterocycles. The Labute approximate surface area is 143 Å². The van der Waals surface area contributed by atoms with E-state index in [2.05, 4.69) is 5.16 Å². The monoisotopic (exact) mass is 367 g/mol. The summed E-state index contributed by atoms with van der Waals surface area (Å²) in [4.78, 5) is 14.7. The Morgan fingerprint density at radius 3 is 2.83 bits per heavy atom. The zero-order valence-electron chi connectivity index (χ0n) is 13.1. The molecule has 5 heterocycles. The molecule has 9 heteroatoms. The molecule has 0 aliphatic carbocycles. The van der Waals surface area contributed by atoms with Gasteiger partial charge in [-0.15, -0.1) is 11.3 Å². The van der Waals surface area contributed by atoms with Gasteiger partial charge in [0, 0.05) is 32.2 Å². The molecule has 3 aliphatic rings. The largest absolute Gasteiger partial charge is 0.364 e. The number of thiophene rings is 1. The second kappa shape index (κ2) is 5.68. The molecule has 24 heavy (non-hydrogen) atoms. The van der Waals surface area contributed by atoms with Gasteiger partial charge in [-0.05, 0) is 25.0 Å². The van der Waals surface area contributed by atoms with Crippen molar-refractivity contribution in [1.29, 1.82) is 0 Å². The van der Waals surface area contributed by atoms with Gasteiger partial charge in [0.05, 0.1) is 10.8 Å². The summed E-state index contributed by atoms with van der Waals surface area (Å²) in [5.41, 5.74) is 0.618. The number of hydrogen-bond acceptors (Lipinski definition) is 6. The molecule has 3 aliphatic heterocycles. The Morgan fingerprint density at radius 1 is 1.25 bits per heavy atom. The molecule has 0 aromatic carbocycles. The van der Waals surface area contributed by atoms with Crippen LogP contribution in [0.1, 0.15) is 12.8 Å². The van der Waals surface area contributed by atoms with Crippen LogP contribution >= 0.6 is 11.3 Å². The second-order valence-corrected chi connectivity index (χ2v) is 9.45. The van der Waals surface area contributed by atoms with Gasteiger partial charge in [0.15, 0.2) is 0 Å². The molecule has 2 bridgehead atoms. The maximum absolute atomic E-state index is 13.0. The van der Waals surface area contributed by atoms with Crippen molar-refractivity contribution in [2.45, 2.75) is 23.1 Å². The number of piperidine rings is 1. The molecular weight excluding hydrogens is 350 g/mol. The van der Waals surface area contributed by atoms with Crippen LogP contribution in [-0.2, 0) is 14.8 Å². The first-order valence-corrected chi connectivity index (χ1v) is 10.00. The Balaban J connectivity index is 1.65. The van der Waals surface area contributed by atoms with Crippen LogP contribution in [-0.4, -0.2) is 54.9 Å². The molecule has 7 nitrogen and oxygen atoms in total. The summed E-state index contributed by atoms with van der Waals surface area (Å²) in [6.07, 6.45) is 3.07. The fourth-order valence-electron chi connectivity index (χ4n) is 3.38. The summed E-state index contributed by atoms with van der Waals surface area (Å²) in [5, 5.41) is 3.84. The highest BCUT2D eigenvalue weighted by Crippen LogP contribution is 2.35. The molecule has 128 valence electrons. The molecule has 0 radical (unpaired) electrons. The molecule has 5 rings (SSSR count). The predicted octanol–water partition coefficient (Wildman–Crippen LogP) is 1.64. The minimum absolute atomic E-state index is 0.0407. The van der Waals surface area contributed by atoms with Gasteiger partial charge in [-0.3, -0.25) is 4.79 Å². The first-order valence-electron chi connectivity index (χ1n) is 7.74. The highest BCUT2D eigenvalue weighted by Gasteiger charge is 2.43. The zero-order valence-corrected chi connectivity index (χ0v) is 14.7. The topological polar surface area (TPSA) is 83.7 Å². The number of sulfonamides is 1. The van der Waals surface area contributed by atoms with Crippen LogP contribution in [0, 0.1) is 5.92 Å². The van der Waals surface area contributed by atoms with Crippen molar-refractivity contribution in [2.24, 2.45) is 5.92 Å². The predicted molar refractivity (Wildman–Crippen MR) is 87.9 cm³/mol. The van der Waals surface area contributed by atoms with Gasteiger partial charge in [0.2, 0.25) is 5.91 Å². The van der Waals surface area contributed by atoms with E-state index in [9.17, 15) is 13.2 Å². The Hall–Kier alpha value is -1.71. The standard InChI is InChI=1S/C15H17N3O4S2/c1-17-11-3-2-10(15(17)19)8-18(9-11)24(20,21)14-5-4-13(23-14)12-6-7-22-16-12/h4-7,10-11H,2-3,8-9H2,1H3/t10-,11+/m0/s1. The minimum Gasteiger partial charge on any atom is -0.364 e. The van der Waals surface area contributed by atoms with Crippen molar-refractivity contribution in [3.63, 3.8) is 0 Å². The molecule has 3 fully saturated rings. The number of amides is 1. The number of fused-ring (bicyclic) bond motifs is 4. The zero-order chi connectivity index (χ0) is 16.9. The summed E-state index contributed by atoms with van der Waals surface area (Å²) >= 11 is 1.17. The van der Waals surface area contributed by atoms with Gasteiger partial charge in [0.1, 0.15) is 16.2 Å². The van der Waals surface area contributed by atoms with Crippen LogP contribution in [0.15, 0.2) is 33.2 Å². The Bertz CT molecular complexity index is 859. The smallest absolute Gasteiger partial charge is 0.252 e. The number of carbonyl (C=O) groups excluding carboxylic acids is 1. The lowest BCUT2D eigenvalue weighted by Crippen LogP contribution is -2.45. The van der Waals surface area contributed by atoms with Crippen molar-refractivity contribution < 1.29 is 17.7 Å². The van der Waals surface area contributed by atoms with E-state index in [1.165, 1.54) is 21.9 Å². The van der Waals surface area contributed by atoms with E-state index in [-0.39, 0.29) is 28.6 Å². The Morgan fingerprint density at radius 2 is 2.08 bits per heavy atom. The lowest BCUT2D eigenvalue weighted by atomic mass is 9.95. The lowest BCUT2D eigenvalue weighted by Gasteiger charge is -2.32. The molecule has 0 saturated carbocycles. The highest BCUT2D eigenvalue weighted by atomic mass is 32.2. The summed E-state index contributed by atoms with van der Waals surface area (Å²) in [5.74, 6) is -0.183. The lowest BCUT2D eigenvalue weighted by molar-refractivity contribution is -0.138. The normalized spacial score (nSPS) is 25.2. The first kappa shape index (κ1) is 15.8. The van der Waals surface area contributed by atoms with E-state index in [4.69, 9.17) is 4.52 Å². The third-order valence-electron chi connectivity index (χ3n) is 4.80. The quantitative estimate of drug-likeness (QED) is 0.824. The van der Waals surface area contributed by atoms with Gasteiger partial charge >= 0.3 is 0 Å². The van der Waals surface area contributed by atoms with Gasteiger partial charge in [-0.2, -0.15) is 4.31 Å². The summed E-state index contributed by atoms with van der Waals surface area (Å²) < 4.78 is 32.6. The Kier molecular flexibility index (Phi) is 3.74. The fourth-order valence-corrected chi connectivity index (χ4v) is 6.32. The molecule has 1 amide bonds. The van der Waals surface area contributed by atoms with Crippen LogP contribution in [0.3, 0.4) is 0 Å². The van der Waals surface area contributed by atoms with Gasteiger partial charge in [0.25, 0.3) is 10.0 Å². The highest BCUT2D eigenvalue weighted by molar-refractivity contribution is 7.91. The van der Waals surface area contributed by atoms with Crippen molar-refractivity contribution in [2.75, 3.05) is 20.1 Å². The van der Waals surface area contributed by atoms with Crippen molar-refractivity contribution in [3.8, 4) is 10.6 Å². The van der Waals surface area contributed by atoms with Crippen LogP contribution in [0.2, 0.25) is 0 Å². The average Bonchev–Trinajstić information content (AvgIpc) is 3.18. The van der Waals surface area contributed by atoms with E-state index in [0.717, 1.165) is 17.7 Å². The van der Waals surface area contributed by atoms with Crippen molar-refractivity contribution in [1.82, 2.24) is 14.4 Å². The third-order valence-corrected chi connectivity index (χ3v) is 8.20. The van der Waals surface area contributed by atoms with Crippen LogP contribution in [0.5, 0.6) is 0 Å². The maximum atomic E-state index is 13.0. The van der Waals surface area contributed by atoms with Gasteiger partial charge in [-0.1, -0.05) is 5.16 Å². The van der Waals surface area contributed by atoms with E-state index >= 15 is 0 Å². The van der Waals surface area contributed by atoms with Crippen molar-refractivity contribution in [3.05, 3.63) is 24.5 Å². The molecule has 0 unspecified atom stereocenters. The van der Waals surface area contributed by atoms with E-state index in [0.29, 0.717) is 12.2 Å². The number of likely N-dealkylation sites (N-methyl/N-ethyl adjacent to an activating group) is 1. The average molecular weight is 367 g/mol. The van der Waals surface area contributed by atoms with Crippen LogP contribution in [0.25, 0.3) is 10.6 Å². The molecular formula is C15H17N3O4S2. The minimum atomic E-state index is -3.61. The van der Waals surface area contributed by atoms with Gasteiger partial charge < -0.3 is 9.42 Å². The number of aromatic nitrogens is 1. The van der Waals surface area contributed by atoms with Crippen LogP contribution < -0.4 is 0 Å². The molecule has 0 N–H and O–H groups in total. The fraction of sp³-hybridized carbons (Fsp3) is 0.467. The number of hydrogen-bond donors (Lipinski definition) is 0. The SMILES string of the molecule is CN1C(=O)[C@H]2CC[C@@H]1CN(S(=O)(=O)c1ccc(-c3ccon3)s1)C2. The third kappa shape index (κ3) is 2.47. The molecule has 2 aromatic rings. The molecule has 2 atom stereocenters. The van der Waals surface area contributed by atoms with E-state index in [1.54, 1.807) is 30.1 Å². The second-order valence-electron chi connectivity index (χ2n) is 6.20. The first-order chi connectivity index (χ1) is 11.5.